The van der Waals surface area contributed by atoms with Crippen LogP contribution in [0.4, 0.5) is 11.4 Å². The van der Waals surface area contributed by atoms with Crippen molar-refractivity contribution < 1.29 is 4.92 Å². The fourth-order valence-electron chi connectivity index (χ4n) is 1.23. The van der Waals surface area contributed by atoms with E-state index in [9.17, 15) is 10.1 Å². The molecule has 1 rings (SSSR count). The number of hydrogen-bond donors (Lipinski definition) is 1. The molecule has 0 atom stereocenters. The topological polar surface area (TPSA) is 69.2 Å². The summed E-state index contributed by atoms with van der Waals surface area (Å²) in [5.41, 5.74) is 7.16. The van der Waals surface area contributed by atoms with E-state index in [2.05, 4.69) is 0 Å². The molecule has 1 aromatic carbocycles. The van der Waals surface area contributed by atoms with Gasteiger partial charge in [0.2, 0.25) is 0 Å². The van der Waals surface area contributed by atoms with E-state index in [1.807, 2.05) is 0 Å². The fraction of sp³-hybridized carbons (Fsp3) is 0.200. The summed E-state index contributed by atoms with van der Waals surface area (Å²) in [7, 11) is 0. The number of nitro groups is 1. The lowest BCUT2D eigenvalue weighted by atomic mass is 10.1. The first-order valence-electron chi connectivity index (χ1n) is 4.33. The van der Waals surface area contributed by atoms with E-state index in [1.54, 1.807) is 25.1 Å². The smallest absolute Gasteiger partial charge is 0.292 e. The van der Waals surface area contributed by atoms with Crippen LogP contribution in [0, 0.1) is 17.0 Å². The molecule has 0 aliphatic rings. The highest BCUT2D eigenvalue weighted by molar-refractivity contribution is 6.19. The van der Waals surface area contributed by atoms with Crippen LogP contribution in [0.1, 0.15) is 11.1 Å². The molecule has 0 spiro atoms. The maximum atomic E-state index is 10.7. The van der Waals surface area contributed by atoms with Crippen molar-refractivity contribution in [2.45, 2.75) is 6.92 Å². The average molecular weight is 227 g/mol. The summed E-state index contributed by atoms with van der Waals surface area (Å²) in [6.45, 7) is 1.74. The lowest BCUT2D eigenvalue weighted by Crippen LogP contribution is -1.98. The highest BCUT2D eigenvalue weighted by atomic mass is 35.5. The zero-order chi connectivity index (χ0) is 11.4. The van der Waals surface area contributed by atoms with Crippen LogP contribution in [0.25, 0.3) is 6.08 Å². The predicted molar refractivity (Wildman–Crippen MR) is 62.0 cm³/mol. The quantitative estimate of drug-likeness (QED) is 0.373. The fourth-order valence-corrected chi connectivity index (χ4v) is 1.32. The first kappa shape index (κ1) is 11.5. The number of allylic oxidation sites excluding steroid dienone is 1. The van der Waals surface area contributed by atoms with Gasteiger partial charge < -0.3 is 5.73 Å². The van der Waals surface area contributed by atoms with Crippen molar-refractivity contribution in [3.05, 3.63) is 39.4 Å². The number of nitrogens with zero attached hydrogens (tertiary/aromatic N) is 1. The van der Waals surface area contributed by atoms with Gasteiger partial charge in [0, 0.05) is 11.9 Å². The molecule has 0 aromatic heterocycles. The van der Waals surface area contributed by atoms with Crippen LogP contribution >= 0.6 is 11.6 Å². The van der Waals surface area contributed by atoms with Crippen LogP contribution in [-0.4, -0.2) is 10.8 Å². The monoisotopic (exact) mass is 226 g/mol. The SMILES string of the molecule is Cc1cc(C=CCCl)cc([N+](=O)[O-])c1N. The molecule has 80 valence electrons. The van der Waals surface area contributed by atoms with E-state index in [0.717, 1.165) is 5.56 Å². The zero-order valence-electron chi connectivity index (χ0n) is 8.24. The van der Waals surface area contributed by atoms with Gasteiger partial charge in [-0.2, -0.15) is 0 Å². The van der Waals surface area contributed by atoms with Gasteiger partial charge in [-0.15, -0.1) is 11.6 Å². The molecule has 0 unspecified atom stereocenters. The number of alkyl halides is 1. The second-order valence-corrected chi connectivity index (χ2v) is 3.39. The van der Waals surface area contributed by atoms with E-state index < -0.39 is 4.92 Å². The van der Waals surface area contributed by atoms with Gasteiger partial charge >= 0.3 is 0 Å². The zero-order valence-corrected chi connectivity index (χ0v) is 8.99. The molecule has 0 bridgehead atoms. The molecule has 5 heteroatoms. The minimum atomic E-state index is -0.486. The molecule has 4 nitrogen and oxygen atoms in total. The first-order valence-corrected chi connectivity index (χ1v) is 4.86. The summed E-state index contributed by atoms with van der Waals surface area (Å²) in [6.07, 6.45) is 3.45. The molecular formula is C10H11ClN2O2. The summed E-state index contributed by atoms with van der Waals surface area (Å²) in [5.74, 6) is 0.372. The molecular weight excluding hydrogens is 216 g/mol. The van der Waals surface area contributed by atoms with E-state index in [4.69, 9.17) is 17.3 Å². The van der Waals surface area contributed by atoms with Gasteiger partial charge in [-0.05, 0) is 24.1 Å². The number of hydrogen-bond acceptors (Lipinski definition) is 3. The van der Waals surface area contributed by atoms with Crippen molar-refractivity contribution in [3.63, 3.8) is 0 Å². The largest absolute Gasteiger partial charge is 0.393 e. The molecule has 0 aliphatic heterocycles. The molecule has 0 fully saturated rings. The van der Waals surface area contributed by atoms with Crippen molar-refractivity contribution in [1.29, 1.82) is 0 Å². The van der Waals surface area contributed by atoms with E-state index >= 15 is 0 Å². The Labute approximate surface area is 92.5 Å². The van der Waals surface area contributed by atoms with Crippen LogP contribution in [0.15, 0.2) is 18.2 Å². The summed E-state index contributed by atoms with van der Waals surface area (Å²) >= 11 is 5.48. The van der Waals surface area contributed by atoms with E-state index in [0.29, 0.717) is 11.4 Å². The molecule has 2 N–H and O–H groups in total. The molecule has 0 amide bonds. The van der Waals surface area contributed by atoms with Gasteiger partial charge in [0.05, 0.1) is 4.92 Å². The molecule has 1 aromatic rings. The number of halogens is 1. The molecule has 0 radical (unpaired) electrons. The van der Waals surface area contributed by atoms with Gasteiger partial charge in [-0.1, -0.05) is 12.2 Å². The second kappa shape index (κ2) is 4.79. The third kappa shape index (κ3) is 2.70. The van der Waals surface area contributed by atoms with Crippen molar-refractivity contribution >= 4 is 29.1 Å². The van der Waals surface area contributed by atoms with Crippen LogP contribution in [0.2, 0.25) is 0 Å². The maximum Gasteiger partial charge on any atom is 0.292 e. The Morgan fingerprint density at radius 2 is 2.27 bits per heavy atom. The van der Waals surface area contributed by atoms with Crippen molar-refractivity contribution in [2.75, 3.05) is 11.6 Å². The minimum absolute atomic E-state index is 0.0655. The van der Waals surface area contributed by atoms with E-state index in [-0.39, 0.29) is 11.4 Å². The Kier molecular flexibility index (Phi) is 3.68. The van der Waals surface area contributed by atoms with E-state index in [1.165, 1.54) is 6.07 Å². The first-order chi connectivity index (χ1) is 7.06. The lowest BCUT2D eigenvalue weighted by Gasteiger charge is -2.03. The number of nitrogens with two attached hydrogens (primary N) is 1. The average Bonchev–Trinajstić information content (AvgIpc) is 2.19. The number of aryl methyl sites for hydroxylation is 1. The van der Waals surface area contributed by atoms with Crippen LogP contribution in [0.3, 0.4) is 0 Å². The summed E-state index contributed by atoms with van der Waals surface area (Å²) in [5, 5.41) is 10.7. The molecule has 0 saturated carbocycles. The summed E-state index contributed by atoms with van der Waals surface area (Å²) < 4.78 is 0. The Hall–Kier alpha value is -1.55. The number of benzene rings is 1. The highest BCUT2D eigenvalue weighted by Gasteiger charge is 2.13. The Morgan fingerprint density at radius 1 is 1.60 bits per heavy atom. The van der Waals surface area contributed by atoms with Crippen molar-refractivity contribution in [2.24, 2.45) is 0 Å². The van der Waals surface area contributed by atoms with Crippen LogP contribution < -0.4 is 5.73 Å². The van der Waals surface area contributed by atoms with Gasteiger partial charge in [-0.25, -0.2) is 0 Å². The molecule has 15 heavy (non-hydrogen) atoms. The highest BCUT2D eigenvalue weighted by Crippen LogP contribution is 2.27. The lowest BCUT2D eigenvalue weighted by molar-refractivity contribution is -0.383. The van der Waals surface area contributed by atoms with Crippen LogP contribution in [-0.2, 0) is 0 Å². The second-order valence-electron chi connectivity index (χ2n) is 3.08. The Morgan fingerprint density at radius 3 is 2.80 bits per heavy atom. The van der Waals surface area contributed by atoms with Gasteiger partial charge in [-0.3, -0.25) is 10.1 Å². The van der Waals surface area contributed by atoms with Gasteiger partial charge in [0.1, 0.15) is 5.69 Å². The minimum Gasteiger partial charge on any atom is -0.393 e. The summed E-state index contributed by atoms with van der Waals surface area (Å²) in [4.78, 5) is 10.2. The third-order valence-corrected chi connectivity index (χ3v) is 2.16. The van der Waals surface area contributed by atoms with Crippen LogP contribution in [0.5, 0.6) is 0 Å². The molecule has 0 saturated heterocycles. The number of nitro benzene ring substituents is 1. The van der Waals surface area contributed by atoms with Crippen molar-refractivity contribution in [1.82, 2.24) is 0 Å². The van der Waals surface area contributed by atoms with Gasteiger partial charge in [0.25, 0.3) is 5.69 Å². The summed E-state index contributed by atoms with van der Waals surface area (Å²) in [6, 6.07) is 3.22. The van der Waals surface area contributed by atoms with Crippen molar-refractivity contribution in [3.8, 4) is 0 Å². The number of rotatable bonds is 3. The normalized spacial score (nSPS) is 10.8. The molecule has 0 aliphatic carbocycles. The van der Waals surface area contributed by atoms with Gasteiger partial charge in [0.15, 0.2) is 0 Å². The Bertz CT molecular complexity index is 416. The third-order valence-electron chi connectivity index (χ3n) is 1.98. The predicted octanol–water partition coefficient (Wildman–Crippen LogP) is 2.74. The number of anilines is 1. The Balaban J connectivity index is 3.23. The number of nitrogen functional groups attached to an aromatic ring is 1. The maximum absolute atomic E-state index is 10.7. The molecule has 0 heterocycles. The standard InChI is InChI=1S/C10H11ClN2O2/c1-7-5-8(3-2-4-11)6-9(10(7)12)13(14)15/h2-3,5-6H,4,12H2,1H3.